The van der Waals surface area contributed by atoms with E-state index in [0.29, 0.717) is 0 Å². The number of rotatable bonds is 10. The molecular weight excluding hydrogens is 359 g/mol. The van der Waals surface area contributed by atoms with Gasteiger partial charge in [-0.2, -0.15) is 13.2 Å². The molecule has 1 heterocycles. The van der Waals surface area contributed by atoms with Crippen LogP contribution in [-0.2, 0) is 6.18 Å². The maximum Gasteiger partial charge on any atom is 0.416 e. The fourth-order valence-corrected chi connectivity index (χ4v) is 3.78. The minimum Gasteiger partial charge on any atom is -0.358 e. The summed E-state index contributed by atoms with van der Waals surface area (Å²) in [5, 5.41) is 0. The number of hydrogen-bond donors (Lipinski definition) is 0. The molecule has 1 fully saturated rings. The Balaban J connectivity index is 1.68. The van der Waals surface area contributed by atoms with Crippen LogP contribution in [-0.4, -0.2) is 12.6 Å². The predicted molar refractivity (Wildman–Crippen MR) is 111 cm³/mol. The molecule has 28 heavy (non-hydrogen) atoms. The molecule has 0 saturated carbocycles. The van der Waals surface area contributed by atoms with Gasteiger partial charge < -0.3 is 4.90 Å². The first-order chi connectivity index (χ1) is 13.5. The molecule has 0 aromatic heterocycles. The summed E-state index contributed by atoms with van der Waals surface area (Å²) in [5.41, 5.74) is 0.247. The lowest BCUT2D eigenvalue weighted by Gasteiger charge is -2.23. The van der Waals surface area contributed by atoms with E-state index in [9.17, 15) is 13.2 Å². The van der Waals surface area contributed by atoms with Crippen LogP contribution in [0.5, 0.6) is 0 Å². The Hall–Kier alpha value is -1.63. The lowest BCUT2D eigenvalue weighted by atomic mass is 10.1. The average molecular weight is 394 g/mol. The highest BCUT2D eigenvalue weighted by Gasteiger charge is 2.31. The Kier molecular flexibility index (Phi) is 9.75. The highest BCUT2D eigenvalue weighted by atomic mass is 19.4. The maximum absolute atomic E-state index is 12.7. The van der Waals surface area contributed by atoms with Crippen molar-refractivity contribution in [1.29, 1.82) is 0 Å². The predicted octanol–water partition coefficient (Wildman–Crippen LogP) is 7.60. The van der Waals surface area contributed by atoms with Crippen LogP contribution in [0, 0.1) is 11.8 Å². The molecule has 1 aromatic carbocycles. The van der Waals surface area contributed by atoms with Crippen molar-refractivity contribution in [2.24, 2.45) is 0 Å². The van der Waals surface area contributed by atoms with E-state index in [1.807, 2.05) is 0 Å². The first-order valence-electron chi connectivity index (χ1n) is 10.9. The highest BCUT2D eigenvalue weighted by molar-refractivity contribution is 5.51. The van der Waals surface area contributed by atoms with Crippen molar-refractivity contribution in [2.75, 3.05) is 11.4 Å². The van der Waals surface area contributed by atoms with Crippen LogP contribution in [0.1, 0.15) is 89.5 Å². The van der Waals surface area contributed by atoms with Crippen molar-refractivity contribution in [1.82, 2.24) is 0 Å². The smallest absolute Gasteiger partial charge is 0.358 e. The average Bonchev–Trinajstić information content (AvgIpc) is 3.14. The molecule has 1 unspecified atom stereocenters. The van der Waals surface area contributed by atoms with E-state index in [4.69, 9.17) is 0 Å². The first kappa shape index (κ1) is 22.7. The topological polar surface area (TPSA) is 3.24 Å². The largest absolute Gasteiger partial charge is 0.416 e. The number of anilines is 1. The molecule has 0 spiro atoms. The second kappa shape index (κ2) is 12.0. The molecular formula is C24H34F3N. The van der Waals surface area contributed by atoms with Crippen LogP contribution in [0.4, 0.5) is 18.9 Å². The zero-order valence-electron chi connectivity index (χ0n) is 17.2. The van der Waals surface area contributed by atoms with E-state index in [0.717, 1.165) is 37.9 Å². The van der Waals surface area contributed by atoms with Gasteiger partial charge in [0, 0.05) is 18.7 Å². The molecule has 1 aliphatic heterocycles. The summed E-state index contributed by atoms with van der Waals surface area (Å²) in [4.78, 5) is 2.14. The summed E-state index contributed by atoms with van der Waals surface area (Å²) in [6, 6.07) is 5.61. The molecule has 1 aliphatic rings. The maximum atomic E-state index is 12.7. The molecule has 4 heteroatoms. The quantitative estimate of drug-likeness (QED) is 0.292. The monoisotopic (exact) mass is 393 g/mol. The van der Waals surface area contributed by atoms with Gasteiger partial charge in [-0.05, 0) is 43.5 Å². The molecule has 1 aromatic rings. The molecule has 0 bridgehead atoms. The summed E-state index contributed by atoms with van der Waals surface area (Å²) in [6.07, 6.45) is 10.5. The van der Waals surface area contributed by atoms with Crippen LogP contribution in [0.3, 0.4) is 0 Å². The summed E-state index contributed by atoms with van der Waals surface area (Å²) >= 11 is 0. The van der Waals surface area contributed by atoms with Gasteiger partial charge in [-0.25, -0.2) is 0 Å². The van der Waals surface area contributed by atoms with E-state index in [1.54, 1.807) is 12.1 Å². The Morgan fingerprint density at radius 3 is 2.14 bits per heavy atom. The lowest BCUT2D eigenvalue weighted by Crippen LogP contribution is -2.27. The van der Waals surface area contributed by atoms with Crippen LogP contribution in [0.15, 0.2) is 24.3 Å². The van der Waals surface area contributed by atoms with Gasteiger partial charge in [-0.1, -0.05) is 64.2 Å². The summed E-state index contributed by atoms with van der Waals surface area (Å²) in [6.45, 7) is 3.11. The van der Waals surface area contributed by atoms with Crippen LogP contribution in [0.25, 0.3) is 0 Å². The van der Waals surface area contributed by atoms with Crippen LogP contribution < -0.4 is 4.90 Å². The van der Waals surface area contributed by atoms with Gasteiger partial charge in [-0.3, -0.25) is 0 Å². The van der Waals surface area contributed by atoms with Crippen LogP contribution >= 0.6 is 0 Å². The van der Waals surface area contributed by atoms with E-state index in [-0.39, 0.29) is 6.04 Å². The second-order valence-electron chi connectivity index (χ2n) is 7.80. The molecule has 2 rings (SSSR count). The van der Waals surface area contributed by atoms with Gasteiger partial charge in [0.05, 0.1) is 11.6 Å². The number of unbranched alkanes of at least 4 members (excludes halogenated alkanes) is 9. The zero-order valence-corrected chi connectivity index (χ0v) is 17.2. The zero-order chi connectivity index (χ0) is 20.2. The van der Waals surface area contributed by atoms with Crippen molar-refractivity contribution in [2.45, 2.75) is 96.2 Å². The standard InChI is InChI=1S/C24H34F3N/c1-2-3-4-5-6-7-8-9-10-11-12-14-22-15-13-20-28(22)23-18-16-21(17-19-23)24(25,26)27/h16-19,22H,2-11,13,15,20H2,1H3. The number of halogens is 3. The Labute approximate surface area is 168 Å². The molecule has 0 N–H and O–H groups in total. The molecule has 1 nitrogen and oxygen atoms in total. The van der Waals surface area contributed by atoms with Gasteiger partial charge in [0.15, 0.2) is 0 Å². The summed E-state index contributed by atoms with van der Waals surface area (Å²) in [7, 11) is 0. The van der Waals surface area contributed by atoms with Crippen molar-refractivity contribution in [3.63, 3.8) is 0 Å². The number of benzene rings is 1. The summed E-state index contributed by atoms with van der Waals surface area (Å²) < 4.78 is 38.2. The van der Waals surface area contributed by atoms with E-state index in [1.165, 1.54) is 63.5 Å². The van der Waals surface area contributed by atoms with Crippen molar-refractivity contribution < 1.29 is 13.2 Å². The number of nitrogens with zero attached hydrogens (tertiary/aromatic N) is 1. The van der Waals surface area contributed by atoms with Crippen molar-refractivity contribution in [3.05, 3.63) is 29.8 Å². The van der Waals surface area contributed by atoms with Gasteiger partial charge in [0.2, 0.25) is 0 Å². The molecule has 0 radical (unpaired) electrons. The van der Waals surface area contributed by atoms with E-state index in [2.05, 4.69) is 23.7 Å². The third-order valence-electron chi connectivity index (χ3n) is 5.45. The Morgan fingerprint density at radius 1 is 0.929 bits per heavy atom. The minimum atomic E-state index is -4.28. The van der Waals surface area contributed by atoms with E-state index < -0.39 is 11.7 Å². The molecule has 1 saturated heterocycles. The highest BCUT2D eigenvalue weighted by Crippen LogP contribution is 2.32. The van der Waals surface area contributed by atoms with Crippen LogP contribution in [0.2, 0.25) is 0 Å². The second-order valence-corrected chi connectivity index (χ2v) is 7.80. The minimum absolute atomic E-state index is 0.135. The third kappa shape index (κ3) is 7.78. The van der Waals surface area contributed by atoms with Gasteiger partial charge in [-0.15, -0.1) is 5.92 Å². The molecule has 156 valence electrons. The number of hydrogen-bond acceptors (Lipinski definition) is 1. The lowest BCUT2D eigenvalue weighted by molar-refractivity contribution is -0.137. The van der Waals surface area contributed by atoms with Crippen molar-refractivity contribution >= 4 is 5.69 Å². The van der Waals surface area contributed by atoms with Gasteiger partial charge in [0.1, 0.15) is 0 Å². The Bertz CT molecular complexity index is 609. The van der Waals surface area contributed by atoms with Crippen molar-refractivity contribution in [3.8, 4) is 11.8 Å². The van der Waals surface area contributed by atoms with E-state index >= 15 is 0 Å². The van der Waals surface area contributed by atoms with Gasteiger partial charge >= 0.3 is 6.18 Å². The third-order valence-corrected chi connectivity index (χ3v) is 5.45. The first-order valence-corrected chi connectivity index (χ1v) is 10.9. The molecule has 1 atom stereocenters. The summed E-state index contributed by atoms with van der Waals surface area (Å²) in [5.74, 6) is 6.66. The molecule has 0 amide bonds. The fraction of sp³-hybridized carbons (Fsp3) is 0.667. The fourth-order valence-electron chi connectivity index (χ4n) is 3.78. The normalized spacial score (nSPS) is 16.9. The van der Waals surface area contributed by atoms with Gasteiger partial charge in [0.25, 0.3) is 0 Å². The molecule has 0 aliphatic carbocycles. The SMILES string of the molecule is CCCCCCCCCCCC#CC1CCCN1c1ccc(C(F)(F)F)cc1. The number of alkyl halides is 3. The Morgan fingerprint density at radius 2 is 1.54 bits per heavy atom.